The van der Waals surface area contributed by atoms with Crippen molar-refractivity contribution in [1.82, 2.24) is 4.98 Å². The van der Waals surface area contributed by atoms with Gasteiger partial charge in [0.1, 0.15) is 16.6 Å². The van der Waals surface area contributed by atoms with Crippen LogP contribution in [0.3, 0.4) is 0 Å². The minimum absolute atomic E-state index is 0.472. The van der Waals surface area contributed by atoms with Gasteiger partial charge in [-0.25, -0.2) is 4.98 Å². The van der Waals surface area contributed by atoms with Crippen molar-refractivity contribution in [3.8, 4) is 17.3 Å². The number of nitriles is 1. The summed E-state index contributed by atoms with van der Waals surface area (Å²) in [5.74, 6) is 0. The minimum Gasteiger partial charge on any atom is -0.360 e. The normalized spacial score (nSPS) is 11.3. The van der Waals surface area contributed by atoms with E-state index in [-0.39, 0.29) is 0 Å². The fraction of sp³-hybridized carbons (Fsp3) is 0.100. The maximum Gasteiger partial charge on any atom is 0.136 e. The highest BCUT2D eigenvalue weighted by atomic mass is 35.5. The van der Waals surface area contributed by atoms with Gasteiger partial charge in [-0.2, -0.15) is 5.26 Å². The van der Waals surface area contributed by atoms with Crippen LogP contribution >= 0.6 is 34.5 Å². The first-order valence-corrected chi connectivity index (χ1v) is 9.47. The van der Waals surface area contributed by atoms with Crippen LogP contribution in [0.5, 0.6) is 0 Å². The molecule has 3 aromatic rings. The van der Waals surface area contributed by atoms with Gasteiger partial charge in [0.05, 0.1) is 15.7 Å². The molecular weight excluding hydrogens is 385 g/mol. The van der Waals surface area contributed by atoms with E-state index in [1.165, 1.54) is 22.5 Å². The second-order valence-corrected chi connectivity index (χ2v) is 7.45. The molecule has 0 aliphatic heterocycles. The van der Waals surface area contributed by atoms with Crippen molar-refractivity contribution in [2.75, 3.05) is 5.32 Å². The monoisotopic (exact) mass is 399 g/mol. The fourth-order valence-electron chi connectivity index (χ4n) is 2.31. The summed E-state index contributed by atoms with van der Waals surface area (Å²) in [6.45, 7) is 4.12. The van der Waals surface area contributed by atoms with Gasteiger partial charge in [-0.05, 0) is 49.2 Å². The van der Waals surface area contributed by atoms with Crippen LogP contribution in [0.15, 0.2) is 48.0 Å². The number of nitrogens with one attached hydrogen (secondary N) is 1. The van der Waals surface area contributed by atoms with E-state index < -0.39 is 0 Å². The Labute approximate surface area is 166 Å². The number of hydrogen-bond acceptors (Lipinski definition) is 4. The predicted molar refractivity (Wildman–Crippen MR) is 111 cm³/mol. The molecule has 130 valence electrons. The molecule has 0 radical (unpaired) electrons. The molecule has 0 saturated heterocycles. The molecule has 1 heterocycles. The highest BCUT2D eigenvalue weighted by Crippen LogP contribution is 2.30. The number of aryl methyl sites for hydroxylation is 2. The van der Waals surface area contributed by atoms with Crippen molar-refractivity contribution in [3.05, 3.63) is 74.2 Å². The van der Waals surface area contributed by atoms with Gasteiger partial charge in [0.15, 0.2) is 0 Å². The second kappa shape index (κ2) is 7.92. The molecule has 0 aliphatic rings. The molecule has 0 amide bonds. The van der Waals surface area contributed by atoms with Crippen molar-refractivity contribution in [2.45, 2.75) is 13.8 Å². The summed E-state index contributed by atoms with van der Waals surface area (Å²) in [5, 5.41) is 16.2. The van der Waals surface area contributed by atoms with Crippen LogP contribution in [0.2, 0.25) is 10.0 Å². The van der Waals surface area contributed by atoms with Crippen LogP contribution in [0.1, 0.15) is 16.1 Å². The fourth-order valence-corrected chi connectivity index (χ4v) is 3.41. The van der Waals surface area contributed by atoms with Crippen LogP contribution in [-0.2, 0) is 0 Å². The molecule has 3 rings (SSSR count). The van der Waals surface area contributed by atoms with Crippen LogP contribution < -0.4 is 5.32 Å². The highest BCUT2D eigenvalue weighted by molar-refractivity contribution is 7.11. The number of nitrogens with zero attached hydrogens (tertiary/aromatic N) is 2. The molecule has 3 nitrogen and oxygen atoms in total. The van der Waals surface area contributed by atoms with Gasteiger partial charge in [0.2, 0.25) is 0 Å². The number of hydrogen-bond donors (Lipinski definition) is 1. The summed E-state index contributed by atoms with van der Waals surface area (Å²) in [5.41, 5.74) is 5.45. The quantitative estimate of drug-likeness (QED) is 0.495. The lowest BCUT2D eigenvalue weighted by atomic mass is 10.1. The van der Waals surface area contributed by atoms with E-state index in [0.717, 1.165) is 16.9 Å². The van der Waals surface area contributed by atoms with E-state index in [9.17, 15) is 5.26 Å². The van der Waals surface area contributed by atoms with Crippen LogP contribution in [-0.4, -0.2) is 4.98 Å². The average Bonchev–Trinajstić information content (AvgIpc) is 3.11. The standard InChI is InChI=1S/C20H15Cl2N3S/c1-12-3-5-16(7-13(12)2)24-10-15(9-23)20-25-19(11-26-20)14-4-6-17(21)18(22)8-14/h3-8,10-11,24H,1-2H3. The lowest BCUT2D eigenvalue weighted by Crippen LogP contribution is -1.92. The lowest BCUT2D eigenvalue weighted by Gasteiger charge is -2.05. The number of rotatable bonds is 4. The van der Waals surface area contributed by atoms with Crippen molar-refractivity contribution >= 4 is 45.8 Å². The minimum atomic E-state index is 0.472. The molecule has 0 saturated carbocycles. The van der Waals surface area contributed by atoms with Gasteiger partial charge in [-0.3, -0.25) is 0 Å². The number of benzene rings is 2. The molecular formula is C20H15Cl2N3S. The van der Waals surface area contributed by atoms with Crippen molar-refractivity contribution in [2.24, 2.45) is 0 Å². The van der Waals surface area contributed by atoms with Gasteiger partial charge < -0.3 is 5.32 Å². The van der Waals surface area contributed by atoms with Gasteiger partial charge in [-0.15, -0.1) is 11.3 Å². The zero-order valence-corrected chi connectivity index (χ0v) is 16.5. The highest BCUT2D eigenvalue weighted by Gasteiger charge is 2.10. The Morgan fingerprint density at radius 2 is 1.92 bits per heavy atom. The number of halogens is 2. The topological polar surface area (TPSA) is 48.7 Å². The van der Waals surface area contributed by atoms with Crippen LogP contribution in [0.4, 0.5) is 5.69 Å². The summed E-state index contributed by atoms with van der Waals surface area (Å²) < 4.78 is 0. The molecule has 0 aliphatic carbocycles. The van der Waals surface area contributed by atoms with Gasteiger partial charge in [0, 0.05) is 22.8 Å². The zero-order chi connectivity index (χ0) is 18.7. The van der Waals surface area contributed by atoms with Gasteiger partial charge in [-0.1, -0.05) is 35.3 Å². The first kappa shape index (κ1) is 18.5. The maximum atomic E-state index is 9.49. The molecule has 0 fully saturated rings. The first-order valence-electron chi connectivity index (χ1n) is 7.83. The van der Waals surface area contributed by atoms with Crippen molar-refractivity contribution < 1.29 is 0 Å². The average molecular weight is 400 g/mol. The van der Waals surface area contributed by atoms with E-state index in [1.807, 2.05) is 29.6 Å². The summed E-state index contributed by atoms with van der Waals surface area (Å²) in [6.07, 6.45) is 1.68. The Morgan fingerprint density at radius 3 is 2.62 bits per heavy atom. The third-order valence-electron chi connectivity index (χ3n) is 3.96. The van der Waals surface area contributed by atoms with Crippen LogP contribution in [0, 0.1) is 25.2 Å². The summed E-state index contributed by atoms with van der Waals surface area (Å²) in [6, 6.07) is 13.6. The molecule has 6 heteroatoms. The molecule has 0 bridgehead atoms. The molecule has 1 aromatic heterocycles. The largest absolute Gasteiger partial charge is 0.360 e. The van der Waals surface area contributed by atoms with E-state index in [0.29, 0.717) is 20.6 Å². The van der Waals surface area contributed by atoms with Crippen molar-refractivity contribution in [1.29, 1.82) is 5.26 Å². The van der Waals surface area contributed by atoms with E-state index in [1.54, 1.807) is 18.3 Å². The Kier molecular flexibility index (Phi) is 5.63. The third-order valence-corrected chi connectivity index (χ3v) is 5.58. The van der Waals surface area contributed by atoms with Gasteiger partial charge >= 0.3 is 0 Å². The third kappa shape index (κ3) is 4.08. The summed E-state index contributed by atoms with van der Waals surface area (Å²) in [4.78, 5) is 4.55. The SMILES string of the molecule is Cc1ccc(NC=C(C#N)c2nc(-c3ccc(Cl)c(Cl)c3)cs2)cc1C. The Hall–Kier alpha value is -2.32. The predicted octanol–water partition coefficient (Wildman–Crippen LogP) is 6.71. The molecule has 26 heavy (non-hydrogen) atoms. The zero-order valence-electron chi connectivity index (χ0n) is 14.2. The van der Waals surface area contributed by atoms with Gasteiger partial charge in [0.25, 0.3) is 0 Å². The first-order chi connectivity index (χ1) is 12.5. The number of aromatic nitrogens is 1. The molecule has 0 spiro atoms. The maximum absolute atomic E-state index is 9.49. The number of anilines is 1. The second-order valence-electron chi connectivity index (χ2n) is 5.78. The summed E-state index contributed by atoms with van der Waals surface area (Å²) in [7, 11) is 0. The van der Waals surface area contributed by atoms with E-state index in [4.69, 9.17) is 23.2 Å². The Balaban J connectivity index is 1.84. The van der Waals surface area contributed by atoms with E-state index in [2.05, 4.69) is 30.2 Å². The van der Waals surface area contributed by atoms with Crippen LogP contribution in [0.25, 0.3) is 16.8 Å². The van der Waals surface area contributed by atoms with Crippen molar-refractivity contribution in [3.63, 3.8) is 0 Å². The molecule has 1 N–H and O–H groups in total. The molecule has 2 aromatic carbocycles. The lowest BCUT2D eigenvalue weighted by molar-refractivity contribution is 1.33. The summed E-state index contributed by atoms with van der Waals surface area (Å²) >= 11 is 13.4. The number of allylic oxidation sites excluding steroid dienone is 1. The Bertz CT molecular complexity index is 1030. The Morgan fingerprint density at radius 1 is 1.12 bits per heavy atom. The number of thiazole rings is 1. The van der Waals surface area contributed by atoms with E-state index >= 15 is 0 Å². The molecule has 0 atom stereocenters. The smallest absolute Gasteiger partial charge is 0.136 e. The molecule has 0 unspecified atom stereocenters.